The highest BCUT2D eigenvalue weighted by Gasteiger charge is 2.33. The van der Waals surface area contributed by atoms with Gasteiger partial charge in [-0.15, -0.1) is 0 Å². The molecule has 5 heteroatoms. The molecule has 4 nitrogen and oxygen atoms in total. The van der Waals surface area contributed by atoms with Crippen molar-refractivity contribution < 1.29 is 9.53 Å². The van der Waals surface area contributed by atoms with Crippen molar-refractivity contribution in [1.82, 2.24) is 10.6 Å². The summed E-state index contributed by atoms with van der Waals surface area (Å²) in [5.41, 5.74) is 1.41. The van der Waals surface area contributed by atoms with Crippen LogP contribution in [-0.2, 0) is 4.74 Å². The minimum absolute atomic E-state index is 0.0751. The largest absolute Gasteiger partial charge is 0.383 e. The average Bonchev–Trinajstić information content (AvgIpc) is 2.89. The molecule has 0 aliphatic carbocycles. The molecule has 1 aliphatic rings. The zero-order chi connectivity index (χ0) is 14.6. The van der Waals surface area contributed by atoms with Crippen LogP contribution in [0.4, 0.5) is 0 Å². The lowest BCUT2D eigenvalue weighted by atomic mass is 9.98. The van der Waals surface area contributed by atoms with E-state index in [9.17, 15) is 4.79 Å². The third kappa shape index (κ3) is 3.51. The van der Waals surface area contributed by atoms with E-state index in [2.05, 4.69) is 10.6 Å². The van der Waals surface area contributed by atoms with Crippen molar-refractivity contribution in [3.05, 3.63) is 34.3 Å². The summed E-state index contributed by atoms with van der Waals surface area (Å²) in [6, 6.07) is 5.31. The Balaban J connectivity index is 1.98. The molecule has 1 aliphatic heterocycles. The smallest absolute Gasteiger partial charge is 0.251 e. The van der Waals surface area contributed by atoms with Crippen molar-refractivity contribution in [2.45, 2.75) is 25.3 Å². The quantitative estimate of drug-likeness (QED) is 0.875. The van der Waals surface area contributed by atoms with Crippen LogP contribution in [0.25, 0.3) is 0 Å². The second-order valence-electron chi connectivity index (χ2n) is 5.39. The number of amides is 1. The van der Waals surface area contributed by atoms with Gasteiger partial charge >= 0.3 is 0 Å². The second-order valence-corrected chi connectivity index (χ2v) is 5.80. The maximum absolute atomic E-state index is 12.2. The predicted octanol–water partition coefficient (Wildman–Crippen LogP) is 2.15. The summed E-state index contributed by atoms with van der Waals surface area (Å²) >= 11 is 5.97. The summed E-state index contributed by atoms with van der Waals surface area (Å²) in [5.74, 6) is -0.0751. The normalized spacial score (nSPS) is 21.9. The number of benzene rings is 1. The van der Waals surface area contributed by atoms with Crippen molar-refractivity contribution >= 4 is 17.5 Å². The fourth-order valence-electron chi connectivity index (χ4n) is 2.61. The Morgan fingerprint density at radius 1 is 1.55 bits per heavy atom. The van der Waals surface area contributed by atoms with E-state index in [-0.39, 0.29) is 11.4 Å². The molecule has 1 saturated heterocycles. The number of hydrogen-bond donors (Lipinski definition) is 2. The maximum atomic E-state index is 12.2. The molecule has 2 N–H and O–H groups in total. The summed E-state index contributed by atoms with van der Waals surface area (Å²) < 4.78 is 5.27. The van der Waals surface area contributed by atoms with E-state index < -0.39 is 0 Å². The standard InChI is InChI=1S/C15H21ClN2O2/c1-11-8-12(4-5-13(11)16)14(19)17-9-15(10-20-2)6-3-7-18-15/h4-5,8,18H,3,6-7,9-10H2,1-2H3,(H,17,19). The molecule has 0 bridgehead atoms. The molecule has 1 heterocycles. The van der Waals surface area contributed by atoms with Gasteiger partial charge in [0.1, 0.15) is 0 Å². The Hall–Kier alpha value is -1.10. The molecule has 1 fully saturated rings. The topological polar surface area (TPSA) is 50.4 Å². The molecule has 110 valence electrons. The lowest BCUT2D eigenvalue weighted by Gasteiger charge is -2.29. The molecular weight excluding hydrogens is 276 g/mol. The van der Waals surface area contributed by atoms with Gasteiger partial charge in [-0.1, -0.05) is 11.6 Å². The number of carbonyl (C=O) groups is 1. The van der Waals surface area contributed by atoms with Gasteiger partial charge in [0.15, 0.2) is 0 Å². The molecule has 0 saturated carbocycles. The average molecular weight is 297 g/mol. The summed E-state index contributed by atoms with van der Waals surface area (Å²) in [5, 5.41) is 7.10. The van der Waals surface area contributed by atoms with Crippen LogP contribution in [0.15, 0.2) is 18.2 Å². The molecule has 1 amide bonds. The third-order valence-corrected chi connectivity index (χ3v) is 4.18. The number of halogens is 1. The molecule has 0 radical (unpaired) electrons. The highest BCUT2D eigenvalue weighted by molar-refractivity contribution is 6.31. The summed E-state index contributed by atoms with van der Waals surface area (Å²) in [6.07, 6.45) is 2.13. The fraction of sp³-hybridized carbons (Fsp3) is 0.533. The first-order valence-corrected chi connectivity index (χ1v) is 7.22. The van der Waals surface area contributed by atoms with E-state index in [4.69, 9.17) is 16.3 Å². The van der Waals surface area contributed by atoms with Gasteiger partial charge in [-0.3, -0.25) is 4.79 Å². The molecule has 1 aromatic rings. The van der Waals surface area contributed by atoms with Crippen molar-refractivity contribution in [3.63, 3.8) is 0 Å². The Morgan fingerprint density at radius 3 is 2.95 bits per heavy atom. The van der Waals surface area contributed by atoms with Gasteiger partial charge in [-0.25, -0.2) is 0 Å². The number of hydrogen-bond acceptors (Lipinski definition) is 3. The summed E-state index contributed by atoms with van der Waals surface area (Å²) in [6.45, 7) is 4.04. The number of nitrogens with one attached hydrogen (secondary N) is 2. The molecule has 2 rings (SSSR count). The minimum Gasteiger partial charge on any atom is -0.383 e. The minimum atomic E-state index is -0.133. The monoisotopic (exact) mass is 296 g/mol. The van der Waals surface area contributed by atoms with E-state index in [0.29, 0.717) is 23.7 Å². The number of carbonyl (C=O) groups excluding carboxylic acids is 1. The number of aryl methyl sites for hydroxylation is 1. The van der Waals surface area contributed by atoms with Crippen LogP contribution in [0.2, 0.25) is 5.02 Å². The van der Waals surface area contributed by atoms with E-state index >= 15 is 0 Å². The van der Waals surface area contributed by atoms with Crippen molar-refractivity contribution in [2.75, 3.05) is 26.8 Å². The SMILES string of the molecule is COCC1(CNC(=O)c2ccc(Cl)c(C)c2)CCCN1. The van der Waals surface area contributed by atoms with Gasteiger partial charge in [-0.2, -0.15) is 0 Å². The first-order valence-electron chi connectivity index (χ1n) is 6.85. The van der Waals surface area contributed by atoms with E-state index in [0.717, 1.165) is 24.9 Å². The zero-order valence-electron chi connectivity index (χ0n) is 12.0. The van der Waals surface area contributed by atoms with Gasteiger partial charge in [0.05, 0.1) is 12.1 Å². The number of rotatable bonds is 5. The number of ether oxygens (including phenoxy) is 1. The number of methoxy groups -OCH3 is 1. The van der Waals surface area contributed by atoms with Gasteiger partial charge in [0.25, 0.3) is 5.91 Å². The third-order valence-electron chi connectivity index (χ3n) is 3.76. The Labute approximate surface area is 124 Å². The maximum Gasteiger partial charge on any atom is 0.251 e. The van der Waals surface area contributed by atoms with Crippen LogP contribution < -0.4 is 10.6 Å². The van der Waals surface area contributed by atoms with E-state index in [1.54, 1.807) is 19.2 Å². The van der Waals surface area contributed by atoms with Gasteiger partial charge in [-0.05, 0) is 50.1 Å². The van der Waals surface area contributed by atoms with Gasteiger partial charge < -0.3 is 15.4 Å². The molecule has 1 atom stereocenters. The van der Waals surface area contributed by atoms with Crippen LogP contribution in [-0.4, -0.2) is 38.3 Å². The summed E-state index contributed by atoms with van der Waals surface area (Å²) in [4.78, 5) is 12.2. The molecule has 20 heavy (non-hydrogen) atoms. The highest BCUT2D eigenvalue weighted by Crippen LogP contribution is 2.20. The van der Waals surface area contributed by atoms with Crippen LogP contribution in [0.5, 0.6) is 0 Å². The van der Waals surface area contributed by atoms with Crippen LogP contribution in [0.1, 0.15) is 28.8 Å². The Morgan fingerprint density at radius 2 is 2.35 bits per heavy atom. The van der Waals surface area contributed by atoms with Crippen molar-refractivity contribution in [3.8, 4) is 0 Å². The van der Waals surface area contributed by atoms with Gasteiger partial charge in [0.2, 0.25) is 0 Å². The van der Waals surface area contributed by atoms with Gasteiger partial charge in [0, 0.05) is 24.2 Å². The lowest BCUT2D eigenvalue weighted by molar-refractivity contribution is 0.0892. The molecule has 1 aromatic carbocycles. The Kier molecular flexibility index (Phi) is 5.02. The van der Waals surface area contributed by atoms with Crippen LogP contribution in [0, 0.1) is 6.92 Å². The Bertz CT molecular complexity index is 485. The fourth-order valence-corrected chi connectivity index (χ4v) is 2.73. The molecule has 0 aromatic heterocycles. The van der Waals surface area contributed by atoms with Crippen molar-refractivity contribution in [1.29, 1.82) is 0 Å². The van der Waals surface area contributed by atoms with Crippen LogP contribution >= 0.6 is 11.6 Å². The van der Waals surface area contributed by atoms with E-state index in [1.165, 1.54) is 0 Å². The summed E-state index contributed by atoms with van der Waals surface area (Å²) in [7, 11) is 1.69. The van der Waals surface area contributed by atoms with Crippen molar-refractivity contribution in [2.24, 2.45) is 0 Å². The zero-order valence-corrected chi connectivity index (χ0v) is 12.7. The predicted molar refractivity (Wildman–Crippen MR) is 80.4 cm³/mol. The first-order chi connectivity index (χ1) is 9.56. The molecule has 1 unspecified atom stereocenters. The van der Waals surface area contributed by atoms with Crippen LogP contribution in [0.3, 0.4) is 0 Å². The second kappa shape index (κ2) is 6.57. The van der Waals surface area contributed by atoms with E-state index in [1.807, 2.05) is 13.0 Å². The lowest BCUT2D eigenvalue weighted by Crippen LogP contribution is -2.53. The molecular formula is C15H21ClN2O2. The first kappa shape index (κ1) is 15.3. The highest BCUT2D eigenvalue weighted by atomic mass is 35.5. The molecule has 0 spiro atoms.